The number of likely N-dealkylation sites (N-methyl/N-ethyl adjacent to an activating group) is 1. The number of ether oxygens (including phenoxy) is 1. The van der Waals surface area contributed by atoms with Gasteiger partial charge >= 0.3 is 0 Å². The van der Waals surface area contributed by atoms with Crippen molar-refractivity contribution in [1.29, 1.82) is 0 Å². The third kappa shape index (κ3) is 5.95. The molecule has 2 aromatic rings. The molecule has 0 bridgehead atoms. The quantitative estimate of drug-likeness (QED) is 0.486. The molecule has 30 heavy (non-hydrogen) atoms. The van der Waals surface area contributed by atoms with Gasteiger partial charge in [-0.2, -0.15) is 5.10 Å². The minimum atomic E-state index is -0.325. The number of rotatable bonds is 9. The molecular formula is C22H33FN6O. The zero-order chi connectivity index (χ0) is 21.7. The summed E-state index contributed by atoms with van der Waals surface area (Å²) in [5, 5.41) is 11.0. The Kier molecular flexibility index (Phi) is 7.31. The number of nitrogens with one attached hydrogen (secondary N) is 2. The van der Waals surface area contributed by atoms with E-state index in [9.17, 15) is 4.39 Å². The summed E-state index contributed by atoms with van der Waals surface area (Å²) in [5.41, 5.74) is 1.97. The van der Waals surface area contributed by atoms with Gasteiger partial charge in [-0.25, -0.2) is 4.39 Å². The van der Waals surface area contributed by atoms with Crippen molar-refractivity contribution in [1.82, 2.24) is 25.3 Å². The monoisotopic (exact) mass is 416 g/mol. The number of aryl methyl sites for hydroxylation is 1. The first-order valence-electron chi connectivity index (χ1n) is 10.4. The highest BCUT2D eigenvalue weighted by molar-refractivity contribution is 5.80. The van der Waals surface area contributed by atoms with Crippen molar-refractivity contribution in [2.45, 2.75) is 31.8 Å². The highest BCUT2D eigenvalue weighted by Crippen LogP contribution is 2.30. The number of aromatic nitrogens is 2. The van der Waals surface area contributed by atoms with E-state index in [1.54, 1.807) is 17.8 Å². The summed E-state index contributed by atoms with van der Waals surface area (Å²) in [4.78, 5) is 6.45. The fourth-order valence-corrected chi connectivity index (χ4v) is 3.28. The SMILES string of the molecule is CN=C(NCC(c1cnn(C)c1)N(C)C)NC(C)c1ccc(OCC2CC2)c(F)c1. The van der Waals surface area contributed by atoms with Crippen LogP contribution in [-0.2, 0) is 7.05 Å². The summed E-state index contributed by atoms with van der Waals surface area (Å²) in [6.07, 6.45) is 6.26. The average Bonchev–Trinajstić information content (AvgIpc) is 3.45. The number of aliphatic imine (C=N–C) groups is 1. The molecular weight excluding hydrogens is 383 g/mol. The van der Waals surface area contributed by atoms with Crippen molar-refractivity contribution in [3.63, 3.8) is 0 Å². The standard InChI is InChI=1S/C22H33FN6O/c1-15(17-8-9-21(19(23)10-17)30-14-16-6-7-16)27-22(24-2)25-12-20(28(3)4)18-11-26-29(5)13-18/h8-11,13,15-16,20H,6-7,12,14H2,1-5H3,(H2,24,25,27). The van der Waals surface area contributed by atoms with Gasteiger partial charge in [0.05, 0.1) is 24.9 Å². The van der Waals surface area contributed by atoms with E-state index in [1.165, 1.54) is 18.9 Å². The topological polar surface area (TPSA) is 66.7 Å². The van der Waals surface area contributed by atoms with Gasteiger partial charge in [0.2, 0.25) is 0 Å². The molecule has 1 saturated carbocycles. The fourth-order valence-electron chi connectivity index (χ4n) is 3.28. The summed E-state index contributed by atoms with van der Waals surface area (Å²) in [7, 11) is 7.71. The van der Waals surface area contributed by atoms with E-state index in [1.807, 2.05) is 46.5 Å². The zero-order valence-electron chi connectivity index (χ0n) is 18.5. The van der Waals surface area contributed by atoms with E-state index >= 15 is 0 Å². The van der Waals surface area contributed by atoms with Crippen LogP contribution in [0.5, 0.6) is 5.75 Å². The van der Waals surface area contributed by atoms with Crippen LogP contribution in [0.3, 0.4) is 0 Å². The fraction of sp³-hybridized carbons (Fsp3) is 0.545. The second-order valence-electron chi connectivity index (χ2n) is 8.19. The predicted octanol–water partition coefficient (Wildman–Crippen LogP) is 2.88. The molecule has 0 aliphatic heterocycles. The lowest BCUT2D eigenvalue weighted by Gasteiger charge is -2.25. The Bertz CT molecular complexity index is 861. The molecule has 0 saturated heterocycles. The molecule has 164 valence electrons. The van der Waals surface area contributed by atoms with Gasteiger partial charge in [-0.05, 0) is 57.5 Å². The number of benzene rings is 1. The van der Waals surface area contributed by atoms with E-state index in [2.05, 4.69) is 25.6 Å². The molecule has 1 heterocycles. The van der Waals surface area contributed by atoms with E-state index in [0.717, 1.165) is 11.1 Å². The van der Waals surface area contributed by atoms with Crippen molar-refractivity contribution < 1.29 is 9.13 Å². The first-order chi connectivity index (χ1) is 14.4. The molecule has 8 heteroatoms. The molecule has 0 amide bonds. The minimum Gasteiger partial charge on any atom is -0.490 e. The van der Waals surface area contributed by atoms with E-state index < -0.39 is 0 Å². The summed E-state index contributed by atoms with van der Waals surface area (Å²) in [5.74, 6) is 1.25. The van der Waals surface area contributed by atoms with Crippen molar-refractivity contribution in [2.75, 3.05) is 34.3 Å². The van der Waals surface area contributed by atoms with E-state index in [4.69, 9.17) is 4.74 Å². The van der Waals surface area contributed by atoms with Crippen molar-refractivity contribution in [2.24, 2.45) is 18.0 Å². The first kappa shape index (κ1) is 22.1. The van der Waals surface area contributed by atoms with E-state index in [0.29, 0.717) is 30.8 Å². The molecule has 2 N–H and O–H groups in total. The van der Waals surface area contributed by atoms with Crippen molar-refractivity contribution in [3.8, 4) is 5.75 Å². The lowest BCUT2D eigenvalue weighted by atomic mass is 10.1. The normalized spacial score (nSPS) is 16.4. The predicted molar refractivity (Wildman–Crippen MR) is 117 cm³/mol. The van der Waals surface area contributed by atoms with Gasteiger partial charge in [0.25, 0.3) is 0 Å². The summed E-state index contributed by atoms with van der Waals surface area (Å²) in [6, 6.07) is 5.18. The molecule has 7 nitrogen and oxygen atoms in total. The van der Waals surface area contributed by atoms with Crippen LogP contribution < -0.4 is 15.4 Å². The van der Waals surface area contributed by atoms with Crippen LogP contribution in [0.25, 0.3) is 0 Å². The van der Waals surface area contributed by atoms with Crippen LogP contribution in [0, 0.1) is 11.7 Å². The van der Waals surface area contributed by atoms with Crippen LogP contribution in [-0.4, -0.2) is 54.9 Å². The van der Waals surface area contributed by atoms with Gasteiger partial charge in [0.15, 0.2) is 17.5 Å². The third-order valence-corrected chi connectivity index (χ3v) is 5.40. The second kappa shape index (κ2) is 9.93. The molecule has 1 aromatic heterocycles. The van der Waals surface area contributed by atoms with Gasteiger partial charge in [0.1, 0.15) is 0 Å². The Hall–Kier alpha value is -2.61. The van der Waals surface area contributed by atoms with Gasteiger partial charge in [-0.15, -0.1) is 0 Å². The van der Waals surface area contributed by atoms with Crippen LogP contribution in [0.2, 0.25) is 0 Å². The smallest absolute Gasteiger partial charge is 0.191 e. The second-order valence-corrected chi connectivity index (χ2v) is 8.19. The molecule has 2 unspecified atom stereocenters. The van der Waals surface area contributed by atoms with Crippen molar-refractivity contribution in [3.05, 3.63) is 47.5 Å². The van der Waals surface area contributed by atoms with Gasteiger partial charge in [0, 0.05) is 32.4 Å². The summed E-state index contributed by atoms with van der Waals surface area (Å²) >= 11 is 0. The lowest BCUT2D eigenvalue weighted by Crippen LogP contribution is -2.42. The van der Waals surface area contributed by atoms with Crippen LogP contribution in [0.15, 0.2) is 35.6 Å². The number of hydrogen-bond donors (Lipinski definition) is 2. The Morgan fingerprint density at radius 1 is 1.37 bits per heavy atom. The van der Waals surface area contributed by atoms with Gasteiger partial charge in [-0.3, -0.25) is 9.67 Å². The zero-order valence-corrected chi connectivity index (χ0v) is 18.5. The molecule has 1 aromatic carbocycles. The highest BCUT2D eigenvalue weighted by Gasteiger charge is 2.23. The molecule has 0 radical (unpaired) electrons. The molecule has 0 spiro atoms. The van der Waals surface area contributed by atoms with Gasteiger partial charge < -0.3 is 20.3 Å². The maximum atomic E-state index is 14.4. The molecule has 1 fully saturated rings. The third-order valence-electron chi connectivity index (χ3n) is 5.40. The summed E-state index contributed by atoms with van der Waals surface area (Å²) in [6.45, 7) is 3.24. The van der Waals surface area contributed by atoms with Crippen LogP contribution in [0.1, 0.15) is 43.0 Å². The maximum absolute atomic E-state index is 14.4. The first-order valence-corrected chi connectivity index (χ1v) is 10.4. The van der Waals surface area contributed by atoms with E-state index in [-0.39, 0.29) is 17.9 Å². The summed E-state index contributed by atoms with van der Waals surface area (Å²) < 4.78 is 21.8. The Balaban J connectivity index is 1.57. The lowest BCUT2D eigenvalue weighted by molar-refractivity contribution is 0.285. The Morgan fingerprint density at radius 2 is 2.13 bits per heavy atom. The molecule has 3 rings (SSSR count). The molecule has 1 aliphatic rings. The molecule has 1 aliphatic carbocycles. The van der Waals surface area contributed by atoms with Crippen LogP contribution >= 0.6 is 0 Å². The molecule has 2 atom stereocenters. The van der Waals surface area contributed by atoms with Crippen LogP contribution in [0.4, 0.5) is 4.39 Å². The highest BCUT2D eigenvalue weighted by atomic mass is 19.1. The largest absolute Gasteiger partial charge is 0.490 e. The number of nitrogens with zero attached hydrogens (tertiary/aromatic N) is 4. The van der Waals surface area contributed by atoms with Crippen molar-refractivity contribution >= 4 is 5.96 Å². The number of halogens is 1. The minimum absolute atomic E-state index is 0.112. The average molecular weight is 417 g/mol. The maximum Gasteiger partial charge on any atom is 0.191 e. The number of hydrogen-bond acceptors (Lipinski definition) is 4. The Labute approximate surface area is 178 Å². The van der Waals surface area contributed by atoms with Gasteiger partial charge in [-0.1, -0.05) is 6.07 Å². The Morgan fingerprint density at radius 3 is 2.70 bits per heavy atom. The number of guanidine groups is 1.